The molecule has 0 saturated heterocycles. The van der Waals surface area contributed by atoms with E-state index in [4.69, 9.17) is 5.11 Å². The molecule has 19 heavy (non-hydrogen) atoms. The van der Waals surface area contributed by atoms with E-state index in [1.54, 1.807) is 11.4 Å². The summed E-state index contributed by atoms with van der Waals surface area (Å²) in [5.41, 5.74) is 0.103. The molecule has 0 amide bonds. The van der Waals surface area contributed by atoms with E-state index in [0.29, 0.717) is 0 Å². The fraction of sp³-hybridized carbons (Fsp3) is 0.0833. The van der Waals surface area contributed by atoms with Gasteiger partial charge in [-0.15, -0.1) is 11.3 Å². The largest absolute Gasteiger partial charge is 0.478 e. The van der Waals surface area contributed by atoms with Gasteiger partial charge in [0.2, 0.25) is 0 Å². The molecule has 2 N–H and O–H groups in total. The van der Waals surface area contributed by atoms with Gasteiger partial charge < -0.3 is 5.11 Å². The Kier molecular flexibility index (Phi) is 3.76. The maximum atomic E-state index is 11.5. The molecule has 0 bridgehead atoms. The number of H-pyrrole nitrogens is 1. The van der Waals surface area contributed by atoms with Crippen LogP contribution in [0, 0.1) is 0 Å². The van der Waals surface area contributed by atoms with Crippen molar-refractivity contribution < 1.29 is 9.90 Å². The Labute approximate surface area is 111 Å². The number of hydrogen-bond donors (Lipinski definition) is 2. The third kappa shape index (κ3) is 3.52. The molecule has 0 saturated carbocycles. The van der Waals surface area contributed by atoms with E-state index in [2.05, 4.69) is 5.10 Å². The summed E-state index contributed by atoms with van der Waals surface area (Å²) in [6.07, 6.45) is 2.52. The van der Waals surface area contributed by atoms with E-state index in [1.165, 1.54) is 34.2 Å². The Morgan fingerprint density at radius 3 is 2.95 bits per heavy atom. The molecular formula is C12H10N2O4S. The van der Waals surface area contributed by atoms with Crippen molar-refractivity contribution in [3.63, 3.8) is 0 Å². The molecule has 0 radical (unpaired) electrons. The van der Waals surface area contributed by atoms with E-state index < -0.39 is 5.97 Å². The van der Waals surface area contributed by atoms with Gasteiger partial charge in [0.15, 0.2) is 0 Å². The predicted molar refractivity (Wildman–Crippen MR) is 71.4 cm³/mol. The summed E-state index contributed by atoms with van der Waals surface area (Å²) >= 11 is 1.38. The summed E-state index contributed by atoms with van der Waals surface area (Å²) in [7, 11) is 0. The number of aliphatic carboxylic acids is 1. The van der Waals surface area contributed by atoms with Crippen LogP contribution in [-0.4, -0.2) is 20.9 Å². The molecular weight excluding hydrogens is 268 g/mol. The van der Waals surface area contributed by atoms with Gasteiger partial charge in [0.05, 0.1) is 6.54 Å². The van der Waals surface area contributed by atoms with Crippen molar-refractivity contribution in [1.82, 2.24) is 9.78 Å². The van der Waals surface area contributed by atoms with Crippen molar-refractivity contribution in [3.05, 3.63) is 60.8 Å². The number of aromatic nitrogens is 2. The smallest absolute Gasteiger partial charge is 0.328 e. The van der Waals surface area contributed by atoms with Crippen LogP contribution in [0.5, 0.6) is 0 Å². The highest BCUT2D eigenvalue weighted by Crippen LogP contribution is 2.16. The zero-order chi connectivity index (χ0) is 13.8. The standard InChI is InChI=1S/C12H10N2O4S/c15-10-2-3-11(16)14(13-10)6-9-5-8(7-19-9)1-4-12(17)18/h1-5,7H,6H2,(H,13,15)(H,17,18). The highest BCUT2D eigenvalue weighted by atomic mass is 32.1. The molecule has 98 valence electrons. The number of carbonyl (C=O) groups is 1. The zero-order valence-corrected chi connectivity index (χ0v) is 10.5. The first-order chi connectivity index (χ1) is 9.04. The van der Waals surface area contributed by atoms with Crippen LogP contribution in [0.15, 0.2) is 39.2 Å². The van der Waals surface area contributed by atoms with Crippen LogP contribution < -0.4 is 11.1 Å². The number of aromatic amines is 1. The van der Waals surface area contributed by atoms with Crippen molar-refractivity contribution in [2.75, 3.05) is 0 Å². The molecule has 2 rings (SSSR count). The second-order valence-corrected chi connectivity index (χ2v) is 4.75. The van der Waals surface area contributed by atoms with Crippen LogP contribution in [0.2, 0.25) is 0 Å². The number of thiophene rings is 1. The SMILES string of the molecule is O=C(O)C=Cc1csc(Cn2[nH]c(=O)ccc2=O)c1. The van der Waals surface area contributed by atoms with Gasteiger partial charge in [-0.3, -0.25) is 14.7 Å². The molecule has 0 spiro atoms. The molecule has 2 heterocycles. The Morgan fingerprint density at radius 2 is 2.21 bits per heavy atom. The van der Waals surface area contributed by atoms with Crippen molar-refractivity contribution in [3.8, 4) is 0 Å². The van der Waals surface area contributed by atoms with E-state index in [-0.39, 0.29) is 17.7 Å². The second kappa shape index (κ2) is 5.49. The van der Waals surface area contributed by atoms with E-state index in [9.17, 15) is 14.4 Å². The fourth-order valence-electron chi connectivity index (χ4n) is 1.47. The van der Waals surface area contributed by atoms with Gasteiger partial charge in [0.1, 0.15) is 0 Å². The first-order valence-corrected chi connectivity index (χ1v) is 6.21. The van der Waals surface area contributed by atoms with E-state index in [0.717, 1.165) is 16.5 Å². The van der Waals surface area contributed by atoms with Gasteiger partial charge >= 0.3 is 5.97 Å². The van der Waals surface area contributed by atoms with Gasteiger partial charge in [0.25, 0.3) is 11.1 Å². The highest BCUT2D eigenvalue weighted by molar-refractivity contribution is 7.10. The van der Waals surface area contributed by atoms with Gasteiger partial charge in [-0.2, -0.15) is 0 Å². The summed E-state index contributed by atoms with van der Waals surface area (Å²) in [5.74, 6) is -1.02. The lowest BCUT2D eigenvalue weighted by Gasteiger charge is -2.01. The van der Waals surface area contributed by atoms with Gasteiger partial charge in [-0.25, -0.2) is 9.48 Å². The van der Waals surface area contributed by atoms with Gasteiger partial charge in [0, 0.05) is 23.1 Å². The lowest BCUT2D eigenvalue weighted by molar-refractivity contribution is -0.131. The number of carboxylic acid groups (broad SMARTS) is 1. The van der Waals surface area contributed by atoms with Crippen LogP contribution >= 0.6 is 11.3 Å². The van der Waals surface area contributed by atoms with Crippen molar-refractivity contribution in [1.29, 1.82) is 0 Å². The topological polar surface area (TPSA) is 92.2 Å². The minimum absolute atomic E-state index is 0.250. The average Bonchev–Trinajstić information content (AvgIpc) is 2.79. The summed E-state index contributed by atoms with van der Waals surface area (Å²) in [5, 5.41) is 12.7. The molecule has 2 aromatic rings. The first kappa shape index (κ1) is 13.0. The fourth-order valence-corrected chi connectivity index (χ4v) is 2.31. The lowest BCUT2D eigenvalue weighted by atomic mass is 10.3. The van der Waals surface area contributed by atoms with Gasteiger partial charge in [-0.05, 0) is 23.1 Å². The number of nitrogens with one attached hydrogen (secondary N) is 1. The molecule has 0 atom stereocenters. The minimum atomic E-state index is -1.02. The van der Waals surface area contributed by atoms with Crippen molar-refractivity contribution in [2.24, 2.45) is 0 Å². The third-order valence-corrected chi connectivity index (χ3v) is 3.23. The predicted octanol–water partition coefficient (Wildman–Crippen LogP) is 0.744. The lowest BCUT2D eigenvalue weighted by Crippen LogP contribution is -2.28. The van der Waals surface area contributed by atoms with Crippen LogP contribution in [0.3, 0.4) is 0 Å². The summed E-state index contributed by atoms with van der Waals surface area (Å²) in [6.45, 7) is 0.250. The maximum absolute atomic E-state index is 11.5. The van der Waals surface area contributed by atoms with Crippen LogP contribution in [0.25, 0.3) is 6.08 Å². The Balaban J connectivity index is 2.20. The average molecular weight is 278 g/mol. The molecule has 0 aliphatic rings. The Bertz CT molecular complexity index is 738. The Morgan fingerprint density at radius 1 is 1.42 bits per heavy atom. The summed E-state index contributed by atoms with van der Waals surface area (Å²) in [4.78, 5) is 33.9. The Hall–Kier alpha value is -2.41. The van der Waals surface area contributed by atoms with E-state index in [1.807, 2.05) is 0 Å². The molecule has 0 aliphatic heterocycles. The van der Waals surface area contributed by atoms with Crippen LogP contribution in [0.1, 0.15) is 10.4 Å². The van der Waals surface area contributed by atoms with Crippen molar-refractivity contribution >= 4 is 23.4 Å². The quantitative estimate of drug-likeness (QED) is 0.807. The number of hydrogen-bond acceptors (Lipinski definition) is 4. The van der Waals surface area contributed by atoms with Gasteiger partial charge in [-0.1, -0.05) is 0 Å². The molecule has 7 heteroatoms. The molecule has 0 unspecified atom stereocenters. The summed E-state index contributed by atoms with van der Waals surface area (Å²) in [6, 6.07) is 4.15. The maximum Gasteiger partial charge on any atom is 0.328 e. The minimum Gasteiger partial charge on any atom is -0.478 e. The normalized spacial score (nSPS) is 10.9. The van der Waals surface area contributed by atoms with Crippen molar-refractivity contribution in [2.45, 2.75) is 6.54 Å². The van der Waals surface area contributed by atoms with Crippen LogP contribution in [-0.2, 0) is 11.3 Å². The molecule has 2 aromatic heterocycles. The molecule has 6 nitrogen and oxygen atoms in total. The highest BCUT2D eigenvalue weighted by Gasteiger charge is 2.02. The third-order valence-electron chi connectivity index (χ3n) is 2.29. The number of rotatable bonds is 4. The second-order valence-electron chi connectivity index (χ2n) is 3.75. The molecule has 0 aliphatic carbocycles. The first-order valence-electron chi connectivity index (χ1n) is 5.33. The monoisotopic (exact) mass is 278 g/mol. The summed E-state index contributed by atoms with van der Waals surface area (Å²) < 4.78 is 1.21. The van der Waals surface area contributed by atoms with Crippen LogP contribution in [0.4, 0.5) is 0 Å². The number of nitrogens with zero attached hydrogens (tertiary/aromatic N) is 1. The zero-order valence-electron chi connectivity index (χ0n) is 9.70. The van der Waals surface area contributed by atoms with E-state index >= 15 is 0 Å². The number of carboxylic acids is 1. The molecule has 0 aromatic carbocycles. The molecule has 0 fully saturated rings.